The average molecular weight is 1350 g/mol. The number of carbonyl (C=O) groups is 6. The van der Waals surface area contributed by atoms with Gasteiger partial charge in [0, 0.05) is 52.1 Å². The molecule has 5 amide bonds. The van der Waals surface area contributed by atoms with Crippen molar-refractivity contribution in [3.8, 4) is 5.75 Å². The number of hydrogen-bond donors (Lipinski definition) is 3. The van der Waals surface area contributed by atoms with E-state index in [1.54, 1.807) is 45.2 Å². The topological polar surface area (TPSA) is 250 Å². The minimum absolute atomic E-state index is 0.00299. The molecule has 514 valence electrons. The lowest BCUT2D eigenvalue weighted by molar-refractivity contribution is -0.870. The van der Waals surface area contributed by atoms with Crippen LogP contribution in [0.15, 0.2) is 60.2 Å². The van der Waals surface area contributed by atoms with Gasteiger partial charge >= 0.3 is 19.9 Å². The molecule has 0 aliphatic carbocycles. The van der Waals surface area contributed by atoms with E-state index in [1.807, 2.05) is 58.4 Å². The molecule has 10 atom stereocenters. The van der Waals surface area contributed by atoms with E-state index >= 15 is 0 Å². The summed E-state index contributed by atoms with van der Waals surface area (Å²) in [7, 11) is 7.96. The van der Waals surface area contributed by atoms with Crippen molar-refractivity contribution in [2.75, 3.05) is 84.8 Å². The van der Waals surface area contributed by atoms with E-state index in [9.17, 15) is 43.3 Å². The van der Waals surface area contributed by atoms with E-state index in [2.05, 4.69) is 5.32 Å². The molecule has 6 rings (SSSR count). The average Bonchev–Trinajstić information content (AvgIpc) is 1.59. The predicted octanol–water partition coefficient (Wildman–Crippen LogP) is 11.6. The summed E-state index contributed by atoms with van der Waals surface area (Å²) in [6, 6.07) is 10.0. The number of nitrogens with one attached hydrogen (secondary N) is 1. The van der Waals surface area contributed by atoms with Crippen LogP contribution in [0, 0.1) is 5.92 Å². The molecule has 2 aromatic rings. The number of imide groups is 1. The zero-order valence-corrected chi connectivity index (χ0v) is 58.7. The van der Waals surface area contributed by atoms with Gasteiger partial charge in [-0.1, -0.05) is 144 Å². The summed E-state index contributed by atoms with van der Waals surface area (Å²) in [6.07, 6.45) is 20.1. The molecule has 0 aromatic heterocycles. The summed E-state index contributed by atoms with van der Waals surface area (Å²) in [4.78, 5) is 96.1. The van der Waals surface area contributed by atoms with E-state index in [-0.39, 0.29) is 61.5 Å². The lowest BCUT2D eigenvalue weighted by atomic mass is 9.83. The number of ether oxygens (including phenoxy) is 5. The number of amides is 5. The third kappa shape index (κ3) is 22.6. The van der Waals surface area contributed by atoms with Crippen molar-refractivity contribution in [2.45, 2.75) is 216 Å². The van der Waals surface area contributed by atoms with Gasteiger partial charge in [0.25, 0.3) is 0 Å². The normalized spacial score (nSPS) is 25.7. The summed E-state index contributed by atoms with van der Waals surface area (Å²) >= 11 is 8.07. The van der Waals surface area contributed by atoms with Crippen LogP contribution in [-0.2, 0) is 69.4 Å². The predicted molar refractivity (Wildman–Crippen MR) is 358 cm³/mol. The first-order valence-electron chi connectivity index (χ1n) is 32.9. The van der Waals surface area contributed by atoms with E-state index in [0.717, 1.165) is 55.2 Å². The molecule has 0 spiro atoms. The van der Waals surface area contributed by atoms with Crippen molar-refractivity contribution >= 4 is 78.3 Å². The summed E-state index contributed by atoms with van der Waals surface area (Å²) in [5, 5.41) is 13.9. The Balaban J connectivity index is 0.903. The lowest BCUT2D eigenvalue weighted by Crippen LogP contribution is -2.63. The summed E-state index contributed by atoms with van der Waals surface area (Å²) in [5.74, 6) is -2.39. The fourth-order valence-corrected chi connectivity index (χ4v) is 14.2. The van der Waals surface area contributed by atoms with Gasteiger partial charge in [0.05, 0.1) is 64.0 Å². The molecular weight excluding hydrogens is 1240 g/mol. The number of aryl methyl sites for hydroxylation is 1. The van der Waals surface area contributed by atoms with Gasteiger partial charge in [0.1, 0.15) is 53.9 Å². The third-order valence-corrected chi connectivity index (χ3v) is 20.7. The largest absolute Gasteiger partial charge is 0.495 e. The molecule has 4 unspecified atom stereocenters. The molecule has 4 heterocycles. The number of likely N-dealkylation sites (N-methyl/N-ethyl adjacent to an activating group) is 2. The third-order valence-electron chi connectivity index (χ3n) is 18.1. The quantitative estimate of drug-likeness (QED) is 0.0147. The number of phosphoric acid groups is 1. The molecule has 21 nitrogen and oxygen atoms in total. The second-order valence-electron chi connectivity index (χ2n) is 26.5. The minimum atomic E-state index is -3.97. The van der Waals surface area contributed by atoms with Gasteiger partial charge in [-0.15, -0.1) is 11.8 Å². The number of rotatable bonds is 34. The molecule has 3 N–H and O–H groups in total. The van der Waals surface area contributed by atoms with Gasteiger partial charge in [-0.2, -0.15) is 0 Å². The SMILES string of the molecule is COc1cc2cc(c1Cl)N(C)C(=O)C[C@H](OC(=O)[C@H](C)N(C)C(=O)CCSC1CC(=O)N(c3ccc(CCCCCCCCCCCCCCCCCCOP(=O)(O)OCC[N+](C)(C)C)cc3)C1=O)C1(C)OC1[C@H](C)[C@@H]1C[C@@](O)(NC(=O)O1)[C@H](OC)/C=C/C=C(\C)C2. The number of allylic oxidation sites excluding steroid dienone is 3. The molecule has 0 saturated carbocycles. The Morgan fingerprint density at radius 3 is 2.09 bits per heavy atom. The fraction of sp³-hybridized carbons (Fsp3) is 0.676. The number of epoxide rings is 1. The fourth-order valence-electron chi connectivity index (χ4n) is 12.1. The number of thioether (sulfide) groups is 1. The Hall–Kier alpha value is -4.87. The van der Waals surface area contributed by atoms with Crippen LogP contribution < -0.4 is 19.9 Å². The number of halogens is 1. The molecule has 24 heteroatoms. The van der Waals surface area contributed by atoms with Crippen molar-refractivity contribution in [3.05, 3.63) is 76.3 Å². The number of benzene rings is 2. The van der Waals surface area contributed by atoms with E-state index in [4.69, 9.17) is 44.3 Å². The van der Waals surface area contributed by atoms with Crippen LogP contribution in [0.2, 0.25) is 5.02 Å². The van der Waals surface area contributed by atoms with Gasteiger partial charge in [0.15, 0.2) is 5.72 Å². The second kappa shape index (κ2) is 35.8. The highest BCUT2D eigenvalue weighted by atomic mass is 35.5. The standard InChI is InChI=1S/C68H103ClN5O16PS/c1-47-29-28-31-57(85-11)68(81)46-55(88-66(80)70-68)48(2)63-67(4,90-63)58(45-60(76)72(6)53-42-51(41-47)43-54(84-10)62(53)69)89-65(79)49(3)71(5)59(75)36-40-92-56-44-61(77)73(64(56)78)52-34-32-50(33-35-52)30-26-24-22-20-18-16-14-12-13-15-17-19-21-23-25-27-38-86-91(82,83)87-39-37-74(7,8)9/h28-29,31-35,42-43,48-49,55-58,63,81H,12-27,30,36-41,44-46H2,1-11H3,(H-,70,80,82,83)/p+1/b31-28+,47-29+/t48-,49+,55+,56?,57-,58+,63?,67?,68+/m1/s1. The molecule has 4 bridgehead atoms. The van der Waals surface area contributed by atoms with E-state index < -0.39 is 84.7 Å². The summed E-state index contributed by atoms with van der Waals surface area (Å²) in [5.41, 5.74) is 0.516. The van der Waals surface area contributed by atoms with Crippen LogP contribution in [0.5, 0.6) is 5.75 Å². The number of unbranched alkanes of at least 4 members (excludes halogenated alkanes) is 15. The highest BCUT2D eigenvalue weighted by Gasteiger charge is 2.64. The molecule has 4 aliphatic heterocycles. The molecule has 0 radical (unpaired) electrons. The molecule has 2 aromatic carbocycles. The number of methoxy groups -OCH3 is 2. The van der Waals surface area contributed by atoms with E-state index in [1.165, 1.54) is 125 Å². The number of anilines is 2. The van der Waals surface area contributed by atoms with Crippen molar-refractivity contribution in [2.24, 2.45) is 5.92 Å². The van der Waals surface area contributed by atoms with Gasteiger partial charge in [-0.25, -0.2) is 19.1 Å². The van der Waals surface area contributed by atoms with Gasteiger partial charge in [0.2, 0.25) is 23.6 Å². The molecule has 3 saturated heterocycles. The van der Waals surface area contributed by atoms with Crippen LogP contribution in [0.4, 0.5) is 16.2 Å². The first-order chi connectivity index (χ1) is 43.6. The lowest BCUT2D eigenvalue weighted by Gasteiger charge is -2.42. The van der Waals surface area contributed by atoms with Crippen LogP contribution >= 0.6 is 31.2 Å². The van der Waals surface area contributed by atoms with Gasteiger partial charge in [-0.05, 0) is 81.8 Å². The number of phosphoric ester groups is 1. The number of quaternary nitrogens is 1. The smallest absolute Gasteiger partial charge is 0.472 e. The number of fused-ring (bicyclic) bond motifs is 5. The van der Waals surface area contributed by atoms with Crippen molar-refractivity contribution < 1.29 is 80.5 Å². The number of alkyl carbamates (subject to hydrolysis) is 1. The molecule has 4 aliphatic rings. The van der Waals surface area contributed by atoms with Crippen molar-refractivity contribution in [1.82, 2.24) is 10.2 Å². The highest BCUT2D eigenvalue weighted by molar-refractivity contribution is 8.00. The Bertz CT molecular complexity index is 2910. The number of aliphatic hydroxyl groups is 1. The Morgan fingerprint density at radius 1 is 0.891 bits per heavy atom. The Kier molecular flexibility index (Phi) is 29.6. The van der Waals surface area contributed by atoms with Crippen molar-refractivity contribution in [3.63, 3.8) is 0 Å². The Labute approximate surface area is 555 Å². The Morgan fingerprint density at radius 2 is 1.49 bits per heavy atom. The monoisotopic (exact) mass is 1340 g/mol. The maximum atomic E-state index is 14.4. The molecule has 3 fully saturated rings. The summed E-state index contributed by atoms with van der Waals surface area (Å²) in [6.45, 7) is 7.96. The zero-order chi connectivity index (χ0) is 67.4. The molecule has 92 heavy (non-hydrogen) atoms. The first-order valence-corrected chi connectivity index (χ1v) is 35.9. The van der Waals surface area contributed by atoms with Gasteiger partial charge < -0.3 is 48.0 Å². The minimum Gasteiger partial charge on any atom is -0.495 e. The maximum absolute atomic E-state index is 14.4. The second-order valence-corrected chi connectivity index (χ2v) is 29.6. The maximum Gasteiger partial charge on any atom is 0.472 e. The summed E-state index contributed by atoms with van der Waals surface area (Å²) < 4.78 is 52.4. The number of carbonyl (C=O) groups excluding carboxylic acids is 6. The van der Waals surface area contributed by atoms with E-state index in [0.29, 0.717) is 34.6 Å². The van der Waals surface area contributed by atoms with Gasteiger partial charge in [-0.3, -0.25) is 33.5 Å². The van der Waals surface area contributed by atoms with Crippen LogP contribution in [-0.4, -0.2) is 177 Å². The van der Waals surface area contributed by atoms with Crippen LogP contribution in [0.3, 0.4) is 0 Å². The zero-order valence-electron chi connectivity index (χ0n) is 56.3. The highest BCUT2D eigenvalue weighted by Crippen LogP contribution is 2.50. The van der Waals surface area contributed by atoms with Crippen LogP contribution in [0.25, 0.3) is 0 Å². The number of hydrogen-bond acceptors (Lipinski definition) is 16. The number of esters is 1. The molecular formula is C68H104ClN5O16PS+. The number of nitrogens with zero attached hydrogens (tertiary/aromatic N) is 4. The van der Waals surface area contributed by atoms with Crippen LogP contribution in [0.1, 0.15) is 167 Å². The first kappa shape index (κ1) is 76.2. The van der Waals surface area contributed by atoms with Crippen molar-refractivity contribution in [1.29, 1.82) is 0 Å².